The van der Waals surface area contributed by atoms with Gasteiger partial charge in [-0.15, -0.1) is 0 Å². The van der Waals surface area contributed by atoms with Crippen molar-refractivity contribution in [3.8, 4) is 0 Å². The molecule has 3 amide bonds. The Morgan fingerprint density at radius 1 is 1.07 bits per heavy atom. The second-order valence-corrected chi connectivity index (χ2v) is 7.24. The minimum Gasteiger partial charge on any atom is -0.480 e. The van der Waals surface area contributed by atoms with Gasteiger partial charge in [0.15, 0.2) is 5.96 Å². The normalized spacial score (nSPS) is 13.4. The first-order chi connectivity index (χ1) is 14.1. The molecular formula is C16H31N7O6S. The minimum absolute atomic E-state index is 0.0934. The van der Waals surface area contributed by atoms with E-state index in [4.69, 9.17) is 22.3 Å². The Morgan fingerprint density at radius 3 is 2.27 bits per heavy atom. The molecule has 0 heterocycles. The van der Waals surface area contributed by atoms with Gasteiger partial charge in [-0.3, -0.25) is 19.4 Å². The van der Waals surface area contributed by atoms with Crippen LogP contribution in [0.15, 0.2) is 4.99 Å². The number of thioether (sulfide) groups is 1. The molecular weight excluding hydrogens is 418 g/mol. The van der Waals surface area contributed by atoms with Crippen LogP contribution in [0, 0.1) is 0 Å². The molecule has 0 bridgehead atoms. The number of carboxylic acids is 1. The van der Waals surface area contributed by atoms with Gasteiger partial charge in [-0.25, -0.2) is 4.79 Å². The Kier molecular flexibility index (Phi) is 14.0. The quantitative estimate of drug-likeness (QED) is 0.0691. The Balaban J connectivity index is 4.85. The molecule has 0 aromatic carbocycles. The molecule has 0 aromatic heterocycles. The average molecular weight is 450 g/mol. The van der Waals surface area contributed by atoms with Crippen molar-refractivity contribution >= 4 is 41.4 Å². The van der Waals surface area contributed by atoms with E-state index >= 15 is 0 Å². The summed E-state index contributed by atoms with van der Waals surface area (Å²) in [5, 5.41) is 25.2. The van der Waals surface area contributed by atoms with Crippen molar-refractivity contribution < 1.29 is 29.4 Å². The maximum Gasteiger partial charge on any atom is 0.326 e. The van der Waals surface area contributed by atoms with Gasteiger partial charge >= 0.3 is 5.97 Å². The van der Waals surface area contributed by atoms with Gasteiger partial charge in [0.25, 0.3) is 0 Å². The monoisotopic (exact) mass is 449 g/mol. The second-order valence-electron chi connectivity index (χ2n) is 6.26. The van der Waals surface area contributed by atoms with E-state index in [1.165, 1.54) is 11.8 Å². The Hall–Kier alpha value is -2.58. The number of aliphatic imine (C=N–C) groups is 1. The number of aliphatic carboxylic acids is 1. The van der Waals surface area contributed by atoms with Gasteiger partial charge in [0.2, 0.25) is 17.7 Å². The number of amides is 3. The van der Waals surface area contributed by atoms with E-state index in [-0.39, 0.29) is 25.3 Å². The lowest BCUT2D eigenvalue weighted by Crippen LogP contribution is -2.54. The standard InChI is InChI=1S/C16H31N7O6S/c1-30-6-4-10(22-12(25)7-21-13(26)9(17)8-24)14(27)23-11(15(28)29)3-2-5-20-16(18)19/h9-11,24H,2-8,17H2,1H3,(H,21,26)(H,22,25)(H,23,27)(H,28,29)(H4,18,19,20). The Morgan fingerprint density at radius 2 is 1.73 bits per heavy atom. The van der Waals surface area contributed by atoms with Crippen molar-refractivity contribution in [1.82, 2.24) is 16.0 Å². The average Bonchev–Trinajstić information content (AvgIpc) is 2.70. The third kappa shape index (κ3) is 12.1. The summed E-state index contributed by atoms with van der Waals surface area (Å²) in [5.74, 6) is -2.85. The maximum absolute atomic E-state index is 12.5. The third-order valence-electron chi connectivity index (χ3n) is 3.78. The summed E-state index contributed by atoms with van der Waals surface area (Å²) in [4.78, 5) is 51.3. The van der Waals surface area contributed by atoms with Crippen LogP contribution in [0.4, 0.5) is 0 Å². The van der Waals surface area contributed by atoms with E-state index < -0.39 is 55.0 Å². The van der Waals surface area contributed by atoms with Crippen molar-refractivity contribution in [3.05, 3.63) is 0 Å². The summed E-state index contributed by atoms with van der Waals surface area (Å²) in [6.07, 6.45) is 2.49. The number of carbonyl (C=O) groups excluding carboxylic acids is 3. The fourth-order valence-electron chi connectivity index (χ4n) is 2.16. The topological polar surface area (TPSA) is 235 Å². The highest BCUT2D eigenvalue weighted by molar-refractivity contribution is 7.98. The highest BCUT2D eigenvalue weighted by atomic mass is 32.2. The van der Waals surface area contributed by atoms with Gasteiger partial charge in [0.1, 0.15) is 18.1 Å². The van der Waals surface area contributed by atoms with Crippen LogP contribution in [0.5, 0.6) is 0 Å². The number of aliphatic hydroxyl groups is 1. The molecule has 0 fully saturated rings. The number of guanidine groups is 1. The SMILES string of the molecule is CSCCC(NC(=O)CNC(=O)C(N)CO)C(=O)NC(CCCN=C(N)N)C(=O)O. The summed E-state index contributed by atoms with van der Waals surface area (Å²) < 4.78 is 0. The molecule has 0 spiro atoms. The molecule has 0 aromatic rings. The van der Waals surface area contributed by atoms with Crippen molar-refractivity contribution in [1.29, 1.82) is 0 Å². The van der Waals surface area contributed by atoms with Crippen molar-refractivity contribution in [2.45, 2.75) is 37.4 Å². The lowest BCUT2D eigenvalue weighted by molar-refractivity contribution is -0.142. The second kappa shape index (κ2) is 15.3. The fraction of sp³-hybridized carbons (Fsp3) is 0.688. The molecule has 11 N–H and O–H groups in total. The number of nitrogens with one attached hydrogen (secondary N) is 3. The van der Waals surface area contributed by atoms with E-state index in [2.05, 4.69) is 20.9 Å². The molecule has 14 heteroatoms. The zero-order valence-corrected chi connectivity index (χ0v) is 17.6. The van der Waals surface area contributed by atoms with E-state index in [1.54, 1.807) is 0 Å². The summed E-state index contributed by atoms with van der Waals surface area (Å²) in [6, 6.07) is -3.33. The molecule has 0 saturated heterocycles. The number of rotatable bonds is 15. The van der Waals surface area contributed by atoms with Crippen LogP contribution in [-0.2, 0) is 19.2 Å². The number of hydrogen-bond donors (Lipinski definition) is 8. The lowest BCUT2D eigenvalue weighted by atomic mass is 10.1. The first kappa shape index (κ1) is 27.4. The van der Waals surface area contributed by atoms with Gasteiger partial charge in [0, 0.05) is 6.54 Å². The number of nitrogens with zero attached hydrogens (tertiary/aromatic N) is 1. The van der Waals surface area contributed by atoms with Crippen LogP contribution in [-0.4, -0.2) is 89.7 Å². The Bertz CT molecular complexity index is 615. The van der Waals surface area contributed by atoms with Gasteiger partial charge < -0.3 is 43.4 Å². The molecule has 0 rings (SSSR count). The van der Waals surface area contributed by atoms with E-state index in [0.717, 1.165) is 0 Å². The fourth-order valence-corrected chi connectivity index (χ4v) is 2.64. The van der Waals surface area contributed by atoms with Gasteiger partial charge in [0.05, 0.1) is 13.2 Å². The largest absolute Gasteiger partial charge is 0.480 e. The van der Waals surface area contributed by atoms with E-state index in [9.17, 15) is 24.3 Å². The first-order valence-corrected chi connectivity index (χ1v) is 10.5. The molecule has 172 valence electrons. The maximum atomic E-state index is 12.5. The van der Waals surface area contributed by atoms with Crippen LogP contribution in [0.1, 0.15) is 19.3 Å². The smallest absolute Gasteiger partial charge is 0.326 e. The van der Waals surface area contributed by atoms with Crippen molar-refractivity contribution in [3.63, 3.8) is 0 Å². The predicted octanol–water partition coefficient (Wildman–Crippen LogP) is -3.72. The zero-order chi connectivity index (χ0) is 23.1. The van der Waals surface area contributed by atoms with Crippen molar-refractivity contribution in [2.24, 2.45) is 22.2 Å². The molecule has 30 heavy (non-hydrogen) atoms. The Labute approximate surface area is 178 Å². The van der Waals surface area contributed by atoms with E-state index in [0.29, 0.717) is 12.2 Å². The van der Waals surface area contributed by atoms with Crippen LogP contribution in [0.3, 0.4) is 0 Å². The number of aliphatic hydroxyl groups excluding tert-OH is 1. The summed E-state index contributed by atoms with van der Waals surface area (Å²) >= 11 is 1.44. The van der Waals surface area contributed by atoms with Gasteiger partial charge in [-0.1, -0.05) is 0 Å². The molecule has 3 unspecified atom stereocenters. The molecule has 0 aliphatic carbocycles. The highest BCUT2D eigenvalue weighted by Gasteiger charge is 2.26. The molecule has 3 atom stereocenters. The first-order valence-electron chi connectivity index (χ1n) is 9.13. The van der Waals surface area contributed by atoms with Crippen LogP contribution in [0.25, 0.3) is 0 Å². The van der Waals surface area contributed by atoms with Gasteiger partial charge in [-0.2, -0.15) is 11.8 Å². The molecule has 0 radical (unpaired) electrons. The third-order valence-corrected chi connectivity index (χ3v) is 4.42. The summed E-state index contributed by atoms with van der Waals surface area (Å²) in [6.45, 7) is -0.813. The number of hydrogen-bond acceptors (Lipinski definition) is 8. The summed E-state index contributed by atoms with van der Waals surface area (Å²) in [5.41, 5.74) is 15.7. The highest BCUT2D eigenvalue weighted by Crippen LogP contribution is 2.04. The van der Waals surface area contributed by atoms with Crippen LogP contribution in [0.2, 0.25) is 0 Å². The van der Waals surface area contributed by atoms with Crippen LogP contribution >= 0.6 is 11.8 Å². The molecule has 0 aliphatic heterocycles. The zero-order valence-electron chi connectivity index (χ0n) is 16.8. The minimum atomic E-state index is -1.23. The number of carboxylic acid groups (broad SMARTS) is 1. The lowest BCUT2D eigenvalue weighted by Gasteiger charge is -2.21. The molecule has 0 aliphatic rings. The molecule has 13 nitrogen and oxygen atoms in total. The van der Waals surface area contributed by atoms with Gasteiger partial charge in [-0.05, 0) is 31.3 Å². The summed E-state index contributed by atoms with van der Waals surface area (Å²) in [7, 11) is 0. The van der Waals surface area contributed by atoms with Crippen molar-refractivity contribution in [2.75, 3.05) is 31.7 Å². The number of carbonyl (C=O) groups is 4. The predicted molar refractivity (Wildman–Crippen MR) is 112 cm³/mol. The molecule has 0 saturated carbocycles. The van der Waals surface area contributed by atoms with Crippen LogP contribution < -0.4 is 33.2 Å². The van der Waals surface area contributed by atoms with E-state index in [1.807, 2.05) is 6.26 Å². The number of nitrogens with two attached hydrogens (primary N) is 3.